The standard InChI is InChI=1S/C13H19BrN2O3/c1-10-3-4-11(14)9-12(10)15-13(19)16(6-8-18)5-2-7-17/h3-4,9,17-18H,2,5-8H2,1H3,(H,15,19). The molecule has 3 N–H and O–H groups in total. The van der Waals surface area contributed by atoms with Crippen molar-refractivity contribution in [2.24, 2.45) is 0 Å². The monoisotopic (exact) mass is 330 g/mol. The van der Waals surface area contributed by atoms with E-state index < -0.39 is 0 Å². The number of urea groups is 1. The van der Waals surface area contributed by atoms with E-state index in [1.54, 1.807) is 0 Å². The molecule has 1 aromatic rings. The molecule has 0 saturated carbocycles. The zero-order valence-corrected chi connectivity index (χ0v) is 12.5. The summed E-state index contributed by atoms with van der Waals surface area (Å²) >= 11 is 3.36. The summed E-state index contributed by atoms with van der Waals surface area (Å²) in [6.45, 7) is 2.49. The molecule has 0 spiro atoms. The number of carbonyl (C=O) groups excluding carboxylic acids is 1. The summed E-state index contributed by atoms with van der Waals surface area (Å²) in [7, 11) is 0. The van der Waals surface area contributed by atoms with Crippen molar-refractivity contribution in [2.45, 2.75) is 13.3 Å². The first kappa shape index (κ1) is 15.9. The molecule has 5 nitrogen and oxygen atoms in total. The van der Waals surface area contributed by atoms with Crippen molar-refractivity contribution in [3.8, 4) is 0 Å². The van der Waals surface area contributed by atoms with Gasteiger partial charge in [-0.1, -0.05) is 22.0 Å². The SMILES string of the molecule is Cc1ccc(Br)cc1NC(=O)N(CCO)CCCO. The van der Waals surface area contributed by atoms with Gasteiger partial charge in [-0.25, -0.2) is 4.79 Å². The van der Waals surface area contributed by atoms with Crippen molar-refractivity contribution < 1.29 is 15.0 Å². The predicted octanol–water partition coefficient (Wildman–Crippen LogP) is 1.97. The number of hydrogen-bond acceptors (Lipinski definition) is 3. The van der Waals surface area contributed by atoms with Crippen LogP contribution in [0.5, 0.6) is 0 Å². The molecular formula is C13H19BrN2O3. The second-order valence-corrected chi connectivity index (χ2v) is 5.09. The average molecular weight is 331 g/mol. The van der Waals surface area contributed by atoms with Crippen molar-refractivity contribution in [3.63, 3.8) is 0 Å². The Hall–Kier alpha value is -1.11. The third-order valence-corrected chi connectivity index (χ3v) is 3.18. The third-order valence-electron chi connectivity index (χ3n) is 2.68. The lowest BCUT2D eigenvalue weighted by Gasteiger charge is -2.22. The van der Waals surface area contributed by atoms with Gasteiger partial charge < -0.3 is 20.4 Å². The predicted molar refractivity (Wildman–Crippen MR) is 78.3 cm³/mol. The van der Waals surface area contributed by atoms with Crippen molar-refractivity contribution in [1.29, 1.82) is 0 Å². The van der Waals surface area contributed by atoms with E-state index in [1.165, 1.54) is 4.90 Å². The largest absolute Gasteiger partial charge is 0.396 e. The van der Waals surface area contributed by atoms with Gasteiger partial charge in [-0.3, -0.25) is 0 Å². The lowest BCUT2D eigenvalue weighted by atomic mass is 10.2. The number of anilines is 1. The van der Waals surface area contributed by atoms with Crippen LogP contribution in [0.25, 0.3) is 0 Å². The van der Waals surface area contributed by atoms with E-state index in [1.807, 2.05) is 25.1 Å². The van der Waals surface area contributed by atoms with Crippen LogP contribution in [0.15, 0.2) is 22.7 Å². The molecule has 6 heteroatoms. The summed E-state index contributed by atoms with van der Waals surface area (Å²) in [5.41, 5.74) is 1.69. The summed E-state index contributed by atoms with van der Waals surface area (Å²) in [6.07, 6.45) is 0.491. The van der Waals surface area contributed by atoms with Crippen LogP contribution in [0.3, 0.4) is 0 Å². The molecule has 2 amide bonds. The number of nitrogens with one attached hydrogen (secondary N) is 1. The quantitative estimate of drug-likeness (QED) is 0.746. The summed E-state index contributed by atoms with van der Waals surface area (Å²) in [5.74, 6) is 0. The average Bonchev–Trinajstić information content (AvgIpc) is 2.38. The first-order valence-electron chi connectivity index (χ1n) is 6.12. The number of aliphatic hydroxyl groups is 2. The molecule has 0 atom stereocenters. The van der Waals surface area contributed by atoms with Crippen LogP contribution in [-0.2, 0) is 0 Å². The first-order valence-corrected chi connectivity index (χ1v) is 6.91. The molecule has 0 saturated heterocycles. The number of aryl methyl sites for hydroxylation is 1. The maximum atomic E-state index is 12.1. The van der Waals surface area contributed by atoms with Crippen molar-refractivity contribution >= 4 is 27.6 Å². The minimum atomic E-state index is -0.274. The van der Waals surface area contributed by atoms with E-state index in [0.717, 1.165) is 15.7 Å². The zero-order valence-electron chi connectivity index (χ0n) is 10.9. The van der Waals surface area contributed by atoms with Gasteiger partial charge in [0.1, 0.15) is 0 Å². The van der Waals surface area contributed by atoms with Gasteiger partial charge in [-0.05, 0) is 31.0 Å². The van der Waals surface area contributed by atoms with Crippen molar-refractivity contribution in [1.82, 2.24) is 4.90 Å². The van der Waals surface area contributed by atoms with Crippen LogP contribution in [0, 0.1) is 6.92 Å². The Labute approximate surface area is 121 Å². The minimum Gasteiger partial charge on any atom is -0.396 e. The number of nitrogens with zero attached hydrogens (tertiary/aromatic N) is 1. The molecule has 0 unspecified atom stereocenters. The van der Waals surface area contributed by atoms with Crippen molar-refractivity contribution in [3.05, 3.63) is 28.2 Å². The number of benzene rings is 1. The van der Waals surface area contributed by atoms with E-state index >= 15 is 0 Å². The maximum absolute atomic E-state index is 12.1. The van der Waals surface area contributed by atoms with Gasteiger partial charge >= 0.3 is 6.03 Å². The lowest BCUT2D eigenvalue weighted by molar-refractivity contribution is 0.180. The fourth-order valence-electron chi connectivity index (χ4n) is 1.62. The van der Waals surface area contributed by atoms with Gasteiger partial charge in [0, 0.05) is 29.9 Å². The van der Waals surface area contributed by atoms with Gasteiger partial charge in [0.05, 0.1) is 6.61 Å². The highest BCUT2D eigenvalue weighted by atomic mass is 79.9. The Bertz CT molecular complexity index is 426. The van der Waals surface area contributed by atoms with Crippen LogP contribution in [-0.4, -0.2) is 47.4 Å². The van der Waals surface area contributed by atoms with E-state index in [9.17, 15) is 4.79 Å². The second-order valence-electron chi connectivity index (χ2n) is 4.18. The molecule has 0 aromatic heterocycles. The lowest BCUT2D eigenvalue weighted by Crippen LogP contribution is -2.38. The highest BCUT2D eigenvalue weighted by molar-refractivity contribution is 9.10. The van der Waals surface area contributed by atoms with Gasteiger partial charge in [0.2, 0.25) is 0 Å². The Balaban J connectivity index is 2.71. The van der Waals surface area contributed by atoms with E-state index in [2.05, 4.69) is 21.2 Å². The maximum Gasteiger partial charge on any atom is 0.321 e. The molecule has 0 heterocycles. The number of halogens is 1. The molecule has 1 rings (SSSR count). The highest BCUT2D eigenvalue weighted by Crippen LogP contribution is 2.20. The smallest absolute Gasteiger partial charge is 0.321 e. The second kappa shape index (κ2) is 8.14. The van der Waals surface area contributed by atoms with Crippen LogP contribution < -0.4 is 5.32 Å². The Morgan fingerprint density at radius 2 is 2.05 bits per heavy atom. The van der Waals surface area contributed by atoms with E-state index in [0.29, 0.717) is 13.0 Å². The van der Waals surface area contributed by atoms with E-state index in [-0.39, 0.29) is 25.8 Å². The zero-order chi connectivity index (χ0) is 14.3. The summed E-state index contributed by atoms with van der Waals surface area (Å²) < 4.78 is 0.887. The van der Waals surface area contributed by atoms with Crippen molar-refractivity contribution in [2.75, 3.05) is 31.6 Å². The van der Waals surface area contributed by atoms with Gasteiger partial charge in [0.25, 0.3) is 0 Å². The molecule has 0 aliphatic carbocycles. The first-order chi connectivity index (χ1) is 9.08. The highest BCUT2D eigenvalue weighted by Gasteiger charge is 2.13. The van der Waals surface area contributed by atoms with Gasteiger partial charge in [-0.2, -0.15) is 0 Å². The molecule has 0 aliphatic heterocycles. The molecule has 0 radical (unpaired) electrons. The Morgan fingerprint density at radius 1 is 1.32 bits per heavy atom. The molecule has 1 aromatic carbocycles. The molecule has 19 heavy (non-hydrogen) atoms. The number of hydrogen-bond donors (Lipinski definition) is 3. The molecule has 0 fully saturated rings. The van der Waals surface area contributed by atoms with Crippen LogP contribution in [0.4, 0.5) is 10.5 Å². The number of aliphatic hydroxyl groups excluding tert-OH is 2. The fourth-order valence-corrected chi connectivity index (χ4v) is 1.98. The molecular weight excluding hydrogens is 312 g/mol. The summed E-state index contributed by atoms with van der Waals surface area (Å²) in [4.78, 5) is 13.6. The fraction of sp³-hybridized carbons (Fsp3) is 0.462. The number of rotatable bonds is 6. The Kier molecular flexibility index (Phi) is 6.83. The summed E-state index contributed by atoms with van der Waals surface area (Å²) in [5, 5.41) is 20.6. The van der Waals surface area contributed by atoms with Crippen LogP contribution >= 0.6 is 15.9 Å². The third kappa shape index (κ3) is 5.18. The van der Waals surface area contributed by atoms with Gasteiger partial charge in [0.15, 0.2) is 0 Å². The van der Waals surface area contributed by atoms with Crippen LogP contribution in [0.2, 0.25) is 0 Å². The van der Waals surface area contributed by atoms with E-state index in [4.69, 9.17) is 10.2 Å². The molecule has 0 aliphatic rings. The van der Waals surface area contributed by atoms with Crippen LogP contribution in [0.1, 0.15) is 12.0 Å². The number of amides is 2. The molecule has 106 valence electrons. The topological polar surface area (TPSA) is 72.8 Å². The van der Waals surface area contributed by atoms with Gasteiger partial charge in [-0.15, -0.1) is 0 Å². The molecule has 0 bridgehead atoms. The normalized spacial score (nSPS) is 10.3. The summed E-state index contributed by atoms with van der Waals surface area (Å²) in [6, 6.07) is 5.37. The minimum absolute atomic E-state index is 0.0190. The Morgan fingerprint density at radius 3 is 2.68 bits per heavy atom. The number of carbonyl (C=O) groups is 1.